The Labute approximate surface area is 134 Å². The third-order valence-corrected chi connectivity index (χ3v) is 4.05. The number of furan rings is 1. The number of hydrogen-bond donors (Lipinski definition) is 0. The van der Waals surface area contributed by atoms with Gasteiger partial charge in [-0.15, -0.1) is 0 Å². The van der Waals surface area contributed by atoms with Crippen LogP contribution < -0.4 is 4.90 Å². The maximum Gasteiger partial charge on any atom is 0.373 e. The molecule has 3 heterocycles. The molecule has 0 aromatic carbocycles. The highest BCUT2D eigenvalue weighted by Gasteiger charge is 2.31. The summed E-state index contributed by atoms with van der Waals surface area (Å²) in [6, 6.07) is 5.88. The molecule has 0 unspecified atom stereocenters. The lowest BCUT2D eigenvalue weighted by atomic mass is 10.1. The molecule has 0 atom stereocenters. The maximum atomic E-state index is 11.4. The molecule has 0 amide bonds. The Morgan fingerprint density at radius 1 is 1.43 bits per heavy atom. The van der Waals surface area contributed by atoms with E-state index in [0.29, 0.717) is 12.6 Å². The molecule has 0 aliphatic carbocycles. The number of esters is 1. The van der Waals surface area contributed by atoms with Gasteiger partial charge in [0.05, 0.1) is 13.7 Å². The van der Waals surface area contributed by atoms with Crippen LogP contribution >= 0.6 is 0 Å². The van der Waals surface area contributed by atoms with Gasteiger partial charge in [-0.05, 0) is 26.1 Å². The van der Waals surface area contributed by atoms with Crippen LogP contribution in [-0.4, -0.2) is 54.1 Å². The lowest BCUT2D eigenvalue weighted by Crippen LogP contribution is -2.58. The third kappa shape index (κ3) is 3.34. The second-order valence-corrected chi connectivity index (χ2v) is 5.75. The van der Waals surface area contributed by atoms with Crippen LogP contribution in [0, 0.1) is 6.92 Å². The highest BCUT2D eigenvalue weighted by Crippen LogP contribution is 2.22. The van der Waals surface area contributed by atoms with E-state index in [1.165, 1.54) is 7.11 Å². The minimum atomic E-state index is -0.451. The summed E-state index contributed by atoms with van der Waals surface area (Å²) in [7, 11) is 3.39. The Kier molecular flexibility index (Phi) is 4.29. The van der Waals surface area contributed by atoms with Gasteiger partial charge < -0.3 is 14.1 Å². The van der Waals surface area contributed by atoms with Crippen LogP contribution in [-0.2, 0) is 11.3 Å². The maximum absolute atomic E-state index is 11.4. The minimum absolute atomic E-state index is 0.239. The molecule has 1 saturated heterocycles. The van der Waals surface area contributed by atoms with Crippen molar-refractivity contribution in [2.24, 2.45) is 0 Å². The van der Waals surface area contributed by atoms with Crippen LogP contribution in [0.3, 0.4) is 0 Å². The van der Waals surface area contributed by atoms with E-state index in [0.717, 1.165) is 30.4 Å². The zero-order valence-electron chi connectivity index (χ0n) is 13.5. The van der Waals surface area contributed by atoms with Crippen molar-refractivity contribution >= 4 is 11.8 Å². The summed E-state index contributed by atoms with van der Waals surface area (Å²) in [6.45, 7) is 4.44. The van der Waals surface area contributed by atoms with Gasteiger partial charge in [0.15, 0.2) is 0 Å². The highest BCUT2D eigenvalue weighted by atomic mass is 16.5. The van der Waals surface area contributed by atoms with E-state index >= 15 is 0 Å². The molecule has 0 spiro atoms. The number of anilines is 1. The van der Waals surface area contributed by atoms with Gasteiger partial charge >= 0.3 is 5.97 Å². The first kappa shape index (κ1) is 15.5. The van der Waals surface area contributed by atoms with Gasteiger partial charge in [0.25, 0.3) is 0 Å². The number of carbonyl (C=O) groups is 1. The number of likely N-dealkylation sites (N-methyl/N-ethyl adjacent to an activating group) is 1. The fraction of sp³-hybridized carbons (Fsp3) is 0.438. The average Bonchev–Trinajstić information content (AvgIpc) is 2.93. The Hall–Kier alpha value is -2.41. The number of carbonyl (C=O) groups excluding carboxylic acids is 1. The Morgan fingerprint density at radius 3 is 2.91 bits per heavy atom. The van der Waals surface area contributed by atoms with Crippen molar-refractivity contribution in [1.82, 2.24) is 14.9 Å². The van der Waals surface area contributed by atoms with Crippen molar-refractivity contribution in [1.29, 1.82) is 0 Å². The number of nitrogens with zero attached hydrogens (tertiary/aromatic N) is 4. The van der Waals surface area contributed by atoms with Crippen molar-refractivity contribution < 1.29 is 13.9 Å². The Morgan fingerprint density at radius 2 is 2.22 bits per heavy atom. The molecule has 1 aliphatic rings. The molecule has 0 bridgehead atoms. The van der Waals surface area contributed by atoms with E-state index in [4.69, 9.17) is 4.42 Å². The Balaban J connectivity index is 1.53. The first-order valence-electron chi connectivity index (χ1n) is 7.47. The smallest absolute Gasteiger partial charge is 0.373 e. The summed E-state index contributed by atoms with van der Waals surface area (Å²) in [5.74, 6) is 1.51. The molecule has 7 nitrogen and oxygen atoms in total. The summed E-state index contributed by atoms with van der Waals surface area (Å²) in [6.07, 6.45) is 1.60. The van der Waals surface area contributed by atoms with Crippen molar-refractivity contribution in [3.63, 3.8) is 0 Å². The van der Waals surface area contributed by atoms with E-state index in [-0.39, 0.29) is 5.76 Å². The van der Waals surface area contributed by atoms with E-state index in [1.807, 2.05) is 26.1 Å². The van der Waals surface area contributed by atoms with E-state index in [1.54, 1.807) is 12.4 Å². The lowest BCUT2D eigenvalue weighted by Gasteiger charge is -2.44. The Bertz CT molecular complexity index is 694. The van der Waals surface area contributed by atoms with Gasteiger partial charge in [-0.1, -0.05) is 0 Å². The van der Waals surface area contributed by atoms with Gasteiger partial charge in [-0.25, -0.2) is 14.8 Å². The molecular weight excluding hydrogens is 296 g/mol. The molecule has 1 aliphatic heterocycles. The molecule has 3 rings (SSSR count). The van der Waals surface area contributed by atoms with Crippen molar-refractivity contribution in [2.45, 2.75) is 19.5 Å². The number of methoxy groups -OCH3 is 1. The van der Waals surface area contributed by atoms with Crippen molar-refractivity contribution in [2.75, 3.05) is 32.1 Å². The molecule has 0 N–H and O–H groups in total. The van der Waals surface area contributed by atoms with Crippen LogP contribution in [0.5, 0.6) is 0 Å². The topological polar surface area (TPSA) is 71.7 Å². The summed E-state index contributed by atoms with van der Waals surface area (Å²) in [4.78, 5) is 24.2. The molecule has 7 heteroatoms. The van der Waals surface area contributed by atoms with Crippen molar-refractivity contribution in [3.8, 4) is 0 Å². The number of hydrogen-bond acceptors (Lipinski definition) is 7. The molecule has 0 saturated carbocycles. The normalized spacial score (nSPS) is 14.9. The average molecular weight is 316 g/mol. The van der Waals surface area contributed by atoms with Gasteiger partial charge in [-0.2, -0.15) is 0 Å². The highest BCUT2D eigenvalue weighted by molar-refractivity contribution is 5.86. The van der Waals surface area contributed by atoms with Crippen LogP contribution in [0.2, 0.25) is 0 Å². The molecule has 2 aromatic heterocycles. The van der Waals surface area contributed by atoms with Gasteiger partial charge in [0, 0.05) is 30.9 Å². The van der Waals surface area contributed by atoms with Crippen LogP contribution in [0.1, 0.15) is 22.0 Å². The van der Waals surface area contributed by atoms with Crippen LogP contribution in [0.25, 0.3) is 0 Å². The number of ether oxygens (including phenoxy) is 1. The summed E-state index contributed by atoms with van der Waals surface area (Å²) in [5.41, 5.74) is 0.970. The third-order valence-electron chi connectivity index (χ3n) is 4.05. The van der Waals surface area contributed by atoms with Gasteiger partial charge in [0.2, 0.25) is 5.76 Å². The quantitative estimate of drug-likeness (QED) is 0.774. The van der Waals surface area contributed by atoms with Crippen LogP contribution in [0.4, 0.5) is 5.82 Å². The number of aryl methyl sites for hydroxylation is 1. The zero-order chi connectivity index (χ0) is 16.4. The van der Waals surface area contributed by atoms with E-state index in [9.17, 15) is 4.79 Å². The summed E-state index contributed by atoms with van der Waals surface area (Å²) < 4.78 is 10.1. The molecule has 23 heavy (non-hydrogen) atoms. The summed E-state index contributed by atoms with van der Waals surface area (Å²) in [5, 5.41) is 0. The second kappa shape index (κ2) is 6.37. The van der Waals surface area contributed by atoms with Crippen LogP contribution in [0.15, 0.2) is 28.9 Å². The molecular formula is C16H20N4O3. The predicted octanol–water partition coefficient (Wildman–Crippen LogP) is 1.49. The van der Waals surface area contributed by atoms with E-state index in [2.05, 4.69) is 24.5 Å². The first-order chi connectivity index (χ1) is 11.1. The molecule has 2 aromatic rings. The number of rotatable bonds is 5. The fourth-order valence-electron chi connectivity index (χ4n) is 2.58. The first-order valence-corrected chi connectivity index (χ1v) is 7.47. The molecule has 0 radical (unpaired) electrons. The largest absolute Gasteiger partial charge is 0.463 e. The monoisotopic (exact) mass is 316 g/mol. The predicted molar refractivity (Wildman–Crippen MR) is 84.3 cm³/mol. The minimum Gasteiger partial charge on any atom is -0.463 e. The molecule has 1 fully saturated rings. The molecule has 122 valence electrons. The standard InChI is InChI=1S/C16H20N4O3/c1-11-6-15(18-10-17-11)20-7-12(8-20)19(2)9-13-4-5-14(23-13)16(21)22-3/h4-6,10,12H,7-9H2,1-3H3. The van der Waals surface area contributed by atoms with Gasteiger partial charge in [0.1, 0.15) is 17.9 Å². The van der Waals surface area contributed by atoms with Crippen molar-refractivity contribution in [3.05, 3.63) is 41.7 Å². The second-order valence-electron chi connectivity index (χ2n) is 5.75. The fourth-order valence-corrected chi connectivity index (χ4v) is 2.58. The summed E-state index contributed by atoms with van der Waals surface area (Å²) >= 11 is 0. The van der Waals surface area contributed by atoms with E-state index < -0.39 is 5.97 Å². The van der Waals surface area contributed by atoms with Gasteiger partial charge in [-0.3, -0.25) is 4.90 Å². The number of aromatic nitrogens is 2. The zero-order valence-corrected chi connectivity index (χ0v) is 13.5. The lowest BCUT2D eigenvalue weighted by molar-refractivity contribution is 0.0560. The SMILES string of the molecule is COC(=O)c1ccc(CN(C)C2CN(c3cc(C)ncn3)C2)o1.